The SMILES string of the molecule is Cc1n[nH]c(=O)c(C(=O)N2CCCC(C(=O)O)C2)c1C. The lowest BCUT2D eigenvalue weighted by Gasteiger charge is -2.30. The van der Waals surface area contributed by atoms with Gasteiger partial charge in [-0.1, -0.05) is 0 Å². The second-order valence-electron chi connectivity index (χ2n) is 5.07. The zero-order chi connectivity index (χ0) is 14.9. The number of nitrogens with zero attached hydrogens (tertiary/aromatic N) is 2. The van der Waals surface area contributed by atoms with Crippen LogP contribution in [0.2, 0.25) is 0 Å². The molecule has 1 amide bonds. The van der Waals surface area contributed by atoms with E-state index in [-0.39, 0.29) is 12.1 Å². The van der Waals surface area contributed by atoms with Gasteiger partial charge in [-0.15, -0.1) is 0 Å². The normalized spacial score (nSPS) is 18.9. The summed E-state index contributed by atoms with van der Waals surface area (Å²) < 4.78 is 0. The highest BCUT2D eigenvalue weighted by molar-refractivity contribution is 5.95. The van der Waals surface area contributed by atoms with Crippen LogP contribution in [0.15, 0.2) is 4.79 Å². The van der Waals surface area contributed by atoms with E-state index in [0.29, 0.717) is 30.6 Å². The van der Waals surface area contributed by atoms with Gasteiger partial charge in [-0.25, -0.2) is 5.10 Å². The summed E-state index contributed by atoms with van der Waals surface area (Å²) in [5.74, 6) is -1.88. The fourth-order valence-corrected chi connectivity index (χ4v) is 2.40. The van der Waals surface area contributed by atoms with Gasteiger partial charge in [0.1, 0.15) is 5.56 Å². The number of amides is 1. The van der Waals surface area contributed by atoms with Gasteiger partial charge in [0.2, 0.25) is 0 Å². The molecule has 2 rings (SSSR count). The lowest BCUT2D eigenvalue weighted by atomic mass is 9.97. The summed E-state index contributed by atoms with van der Waals surface area (Å²) in [5.41, 5.74) is 0.648. The molecule has 7 heteroatoms. The van der Waals surface area contributed by atoms with Crippen molar-refractivity contribution in [3.05, 3.63) is 27.2 Å². The van der Waals surface area contributed by atoms with Gasteiger partial charge in [-0.2, -0.15) is 5.10 Å². The predicted molar refractivity (Wildman–Crippen MR) is 70.6 cm³/mol. The van der Waals surface area contributed by atoms with Crippen molar-refractivity contribution in [2.24, 2.45) is 5.92 Å². The van der Waals surface area contributed by atoms with Crippen LogP contribution in [0.25, 0.3) is 0 Å². The number of H-pyrrole nitrogens is 1. The Morgan fingerprint density at radius 1 is 1.40 bits per heavy atom. The molecular formula is C13H17N3O4. The molecule has 20 heavy (non-hydrogen) atoms. The summed E-state index contributed by atoms with van der Waals surface area (Å²) in [6.07, 6.45) is 1.19. The molecule has 1 aromatic rings. The molecule has 1 fully saturated rings. The van der Waals surface area contributed by atoms with Crippen molar-refractivity contribution in [3.8, 4) is 0 Å². The Labute approximate surface area is 115 Å². The van der Waals surface area contributed by atoms with Crippen LogP contribution in [0.1, 0.15) is 34.5 Å². The van der Waals surface area contributed by atoms with Crippen LogP contribution < -0.4 is 5.56 Å². The predicted octanol–water partition coefficient (Wildman–Crippen LogP) is 0.324. The Morgan fingerprint density at radius 3 is 2.75 bits per heavy atom. The zero-order valence-corrected chi connectivity index (χ0v) is 11.5. The summed E-state index contributed by atoms with van der Waals surface area (Å²) in [6, 6.07) is 0. The maximum absolute atomic E-state index is 12.4. The summed E-state index contributed by atoms with van der Waals surface area (Å²) in [7, 11) is 0. The minimum Gasteiger partial charge on any atom is -0.481 e. The fourth-order valence-electron chi connectivity index (χ4n) is 2.40. The quantitative estimate of drug-likeness (QED) is 0.811. The fraction of sp³-hybridized carbons (Fsp3) is 0.538. The molecule has 0 aliphatic carbocycles. The lowest BCUT2D eigenvalue weighted by molar-refractivity contribution is -0.143. The van der Waals surface area contributed by atoms with Crippen molar-refractivity contribution in [1.82, 2.24) is 15.1 Å². The number of hydrogen-bond acceptors (Lipinski definition) is 4. The first-order valence-corrected chi connectivity index (χ1v) is 6.49. The Balaban J connectivity index is 2.30. The molecule has 0 radical (unpaired) electrons. The van der Waals surface area contributed by atoms with E-state index in [0.717, 1.165) is 0 Å². The number of carbonyl (C=O) groups is 2. The maximum Gasteiger partial charge on any atom is 0.308 e. The molecule has 1 unspecified atom stereocenters. The van der Waals surface area contributed by atoms with Crippen molar-refractivity contribution >= 4 is 11.9 Å². The molecule has 2 heterocycles. The molecule has 0 spiro atoms. The molecule has 0 saturated carbocycles. The maximum atomic E-state index is 12.4. The van der Waals surface area contributed by atoms with E-state index in [4.69, 9.17) is 5.11 Å². The van der Waals surface area contributed by atoms with Crippen LogP contribution in [-0.4, -0.2) is 45.2 Å². The Kier molecular flexibility index (Phi) is 3.87. The van der Waals surface area contributed by atoms with Crippen LogP contribution in [0.3, 0.4) is 0 Å². The number of aromatic amines is 1. The smallest absolute Gasteiger partial charge is 0.308 e. The van der Waals surface area contributed by atoms with Crippen LogP contribution >= 0.6 is 0 Å². The highest BCUT2D eigenvalue weighted by Gasteiger charge is 2.30. The summed E-state index contributed by atoms with van der Waals surface area (Å²) in [5, 5.41) is 15.1. The third-order valence-electron chi connectivity index (χ3n) is 3.74. The van der Waals surface area contributed by atoms with Crippen LogP contribution in [0.4, 0.5) is 0 Å². The molecular weight excluding hydrogens is 262 g/mol. The number of rotatable bonds is 2. The van der Waals surface area contributed by atoms with Crippen molar-refractivity contribution in [3.63, 3.8) is 0 Å². The summed E-state index contributed by atoms with van der Waals surface area (Å²) in [4.78, 5) is 36.7. The summed E-state index contributed by atoms with van der Waals surface area (Å²) >= 11 is 0. The summed E-state index contributed by atoms with van der Waals surface area (Å²) in [6.45, 7) is 4.00. The Hall–Kier alpha value is -2.18. The number of carboxylic acids is 1. The minimum atomic E-state index is -0.904. The van der Waals surface area contributed by atoms with Gasteiger partial charge in [-0.05, 0) is 32.3 Å². The molecule has 1 saturated heterocycles. The highest BCUT2D eigenvalue weighted by Crippen LogP contribution is 2.19. The van der Waals surface area contributed by atoms with Gasteiger partial charge in [0.25, 0.3) is 11.5 Å². The highest BCUT2D eigenvalue weighted by atomic mass is 16.4. The Morgan fingerprint density at radius 2 is 2.10 bits per heavy atom. The number of carbonyl (C=O) groups excluding carboxylic acids is 1. The molecule has 1 aromatic heterocycles. The number of piperidine rings is 1. The minimum absolute atomic E-state index is 0.0588. The number of hydrogen-bond donors (Lipinski definition) is 2. The first-order valence-electron chi connectivity index (χ1n) is 6.49. The first-order chi connectivity index (χ1) is 9.41. The second-order valence-corrected chi connectivity index (χ2v) is 5.07. The molecule has 1 aliphatic rings. The van der Waals surface area contributed by atoms with Crippen LogP contribution in [0, 0.1) is 19.8 Å². The van der Waals surface area contributed by atoms with Crippen molar-refractivity contribution in [2.75, 3.05) is 13.1 Å². The average Bonchev–Trinajstić information content (AvgIpc) is 2.43. The number of aromatic nitrogens is 2. The number of likely N-dealkylation sites (tertiary alicyclic amines) is 1. The number of carboxylic acid groups (broad SMARTS) is 1. The largest absolute Gasteiger partial charge is 0.481 e. The molecule has 1 aliphatic heterocycles. The molecule has 0 bridgehead atoms. The monoisotopic (exact) mass is 279 g/mol. The molecule has 108 valence electrons. The topological polar surface area (TPSA) is 103 Å². The molecule has 1 atom stereocenters. The standard InChI is InChI=1S/C13H17N3O4/c1-7-8(2)14-15-11(17)10(7)12(18)16-5-3-4-9(6-16)13(19)20/h9H,3-6H2,1-2H3,(H,15,17)(H,19,20). The van der Waals surface area contributed by atoms with Crippen LogP contribution in [-0.2, 0) is 4.79 Å². The van der Waals surface area contributed by atoms with Crippen molar-refractivity contribution < 1.29 is 14.7 Å². The molecule has 2 N–H and O–H groups in total. The van der Waals surface area contributed by atoms with E-state index in [9.17, 15) is 14.4 Å². The van der Waals surface area contributed by atoms with E-state index < -0.39 is 23.4 Å². The van der Waals surface area contributed by atoms with E-state index in [2.05, 4.69) is 10.2 Å². The Bertz CT molecular complexity index is 608. The van der Waals surface area contributed by atoms with Gasteiger partial charge in [0.15, 0.2) is 0 Å². The average molecular weight is 279 g/mol. The molecule has 7 nitrogen and oxygen atoms in total. The van der Waals surface area contributed by atoms with E-state index in [1.165, 1.54) is 4.90 Å². The third-order valence-corrected chi connectivity index (χ3v) is 3.74. The van der Waals surface area contributed by atoms with Crippen LogP contribution in [0.5, 0.6) is 0 Å². The second kappa shape index (κ2) is 5.44. The van der Waals surface area contributed by atoms with Gasteiger partial charge in [-0.3, -0.25) is 14.4 Å². The molecule has 0 aromatic carbocycles. The third kappa shape index (κ3) is 2.56. The first kappa shape index (κ1) is 14.2. The van der Waals surface area contributed by atoms with E-state index in [1.807, 2.05) is 0 Å². The zero-order valence-electron chi connectivity index (χ0n) is 11.5. The number of aliphatic carboxylic acids is 1. The van der Waals surface area contributed by atoms with Crippen molar-refractivity contribution in [2.45, 2.75) is 26.7 Å². The number of aryl methyl sites for hydroxylation is 1. The van der Waals surface area contributed by atoms with Gasteiger partial charge in [0, 0.05) is 13.1 Å². The lowest BCUT2D eigenvalue weighted by Crippen LogP contribution is -2.44. The van der Waals surface area contributed by atoms with Crippen molar-refractivity contribution in [1.29, 1.82) is 0 Å². The van der Waals surface area contributed by atoms with Gasteiger partial charge in [0.05, 0.1) is 11.6 Å². The number of nitrogens with one attached hydrogen (secondary N) is 1. The van der Waals surface area contributed by atoms with E-state index in [1.54, 1.807) is 13.8 Å². The van der Waals surface area contributed by atoms with Gasteiger partial charge >= 0.3 is 5.97 Å². The van der Waals surface area contributed by atoms with E-state index >= 15 is 0 Å². The van der Waals surface area contributed by atoms with Gasteiger partial charge < -0.3 is 10.0 Å².